The number of aryl methyl sites for hydroxylation is 1. The molecular weight excluding hydrogens is 442 g/mol. The Bertz CT molecular complexity index is 1120. The number of anilines is 1. The summed E-state index contributed by atoms with van der Waals surface area (Å²) in [5.74, 6) is 1.24. The van der Waals surface area contributed by atoms with E-state index in [0.29, 0.717) is 49.2 Å². The fourth-order valence-corrected chi connectivity index (χ4v) is 5.72. The zero-order valence-corrected chi connectivity index (χ0v) is 20.7. The standard InChI is InChI=1S/C28H35N3O4/c1-19-16-22(20(2)31(19)24-6-4-3-5-7-24)8-11-27(32)30-14-12-21(13-15-30)28(33)29-23-9-10-25-26(17-23)35-18-34-25/h8-11,16-17,21,24H,3-7,12-15,18H2,1-2H3,(H,29,33)/b11-8+. The van der Waals surface area contributed by atoms with E-state index in [1.807, 2.05) is 17.0 Å². The lowest BCUT2D eigenvalue weighted by Crippen LogP contribution is -2.40. The van der Waals surface area contributed by atoms with E-state index in [0.717, 1.165) is 5.56 Å². The molecule has 3 heterocycles. The van der Waals surface area contributed by atoms with Crippen LogP contribution >= 0.6 is 0 Å². The normalized spacial score (nSPS) is 18.9. The summed E-state index contributed by atoms with van der Waals surface area (Å²) >= 11 is 0. The Morgan fingerprint density at radius 3 is 2.49 bits per heavy atom. The van der Waals surface area contributed by atoms with Crippen LogP contribution in [0, 0.1) is 19.8 Å². The predicted octanol–water partition coefficient (Wildman–Crippen LogP) is 5.23. The van der Waals surface area contributed by atoms with E-state index in [9.17, 15) is 9.59 Å². The van der Waals surface area contributed by atoms with E-state index in [1.165, 1.54) is 43.5 Å². The quantitative estimate of drug-likeness (QED) is 0.599. The second-order valence-electron chi connectivity index (χ2n) is 9.98. The topological polar surface area (TPSA) is 72.8 Å². The van der Waals surface area contributed by atoms with E-state index in [4.69, 9.17) is 9.47 Å². The molecule has 0 atom stereocenters. The van der Waals surface area contributed by atoms with Crippen LogP contribution in [0.1, 0.15) is 67.9 Å². The van der Waals surface area contributed by atoms with Crippen LogP contribution in [0.3, 0.4) is 0 Å². The summed E-state index contributed by atoms with van der Waals surface area (Å²) in [7, 11) is 0. The summed E-state index contributed by atoms with van der Waals surface area (Å²) in [6, 6.07) is 8.19. The summed E-state index contributed by atoms with van der Waals surface area (Å²) in [5.41, 5.74) is 4.35. The van der Waals surface area contributed by atoms with Crippen LogP contribution < -0.4 is 14.8 Å². The largest absolute Gasteiger partial charge is 0.454 e. The third-order valence-electron chi connectivity index (χ3n) is 7.69. The number of nitrogens with zero attached hydrogens (tertiary/aromatic N) is 2. The third kappa shape index (κ3) is 5.09. The second kappa shape index (κ2) is 10.2. The molecule has 0 unspecified atom stereocenters. The van der Waals surface area contributed by atoms with Gasteiger partial charge in [0.2, 0.25) is 18.6 Å². The van der Waals surface area contributed by atoms with Crippen molar-refractivity contribution in [1.29, 1.82) is 0 Å². The molecule has 7 heteroatoms. The second-order valence-corrected chi connectivity index (χ2v) is 9.98. The summed E-state index contributed by atoms with van der Waals surface area (Å²) in [6.07, 6.45) is 11.4. The van der Waals surface area contributed by atoms with Gasteiger partial charge >= 0.3 is 0 Å². The minimum absolute atomic E-state index is 0.0124. The molecule has 1 aromatic carbocycles. The molecule has 1 saturated heterocycles. The average Bonchev–Trinajstić information content (AvgIpc) is 3.46. The molecule has 2 aromatic rings. The van der Waals surface area contributed by atoms with Gasteiger partial charge in [0.15, 0.2) is 11.5 Å². The first-order valence-corrected chi connectivity index (χ1v) is 12.9. The highest BCUT2D eigenvalue weighted by atomic mass is 16.7. The van der Waals surface area contributed by atoms with Crippen LogP contribution in [0.25, 0.3) is 6.08 Å². The van der Waals surface area contributed by atoms with E-state index < -0.39 is 0 Å². The molecule has 0 radical (unpaired) electrons. The van der Waals surface area contributed by atoms with E-state index in [2.05, 4.69) is 29.8 Å². The molecule has 2 amide bonds. The van der Waals surface area contributed by atoms with Crippen molar-refractivity contribution in [3.63, 3.8) is 0 Å². The highest BCUT2D eigenvalue weighted by Gasteiger charge is 2.27. The monoisotopic (exact) mass is 477 g/mol. The Morgan fingerprint density at radius 1 is 0.971 bits per heavy atom. The lowest BCUT2D eigenvalue weighted by molar-refractivity contribution is -0.130. The number of carbonyl (C=O) groups is 2. The summed E-state index contributed by atoms with van der Waals surface area (Å²) in [6.45, 7) is 5.71. The van der Waals surface area contributed by atoms with Gasteiger partial charge in [0.25, 0.3) is 0 Å². The summed E-state index contributed by atoms with van der Waals surface area (Å²) in [5, 5.41) is 2.98. The number of rotatable bonds is 5. The van der Waals surface area contributed by atoms with Crippen molar-refractivity contribution < 1.29 is 19.1 Å². The van der Waals surface area contributed by atoms with Crippen LogP contribution in [0.5, 0.6) is 11.5 Å². The molecule has 3 aliphatic rings. The van der Waals surface area contributed by atoms with Crippen molar-refractivity contribution in [2.24, 2.45) is 5.92 Å². The molecule has 5 rings (SSSR count). The van der Waals surface area contributed by atoms with Crippen molar-refractivity contribution in [2.75, 3.05) is 25.2 Å². The fraction of sp³-hybridized carbons (Fsp3) is 0.500. The maximum absolute atomic E-state index is 12.9. The first-order chi connectivity index (χ1) is 17.0. The Labute approximate surface area is 207 Å². The van der Waals surface area contributed by atoms with Crippen molar-refractivity contribution in [1.82, 2.24) is 9.47 Å². The number of amides is 2. The fourth-order valence-electron chi connectivity index (χ4n) is 5.72. The van der Waals surface area contributed by atoms with E-state index in [1.54, 1.807) is 18.2 Å². The summed E-state index contributed by atoms with van der Waals surface area (Å²) in [4.78, 5) is 27.5. The molecule has 0 bridgehead atoms. The average molecular weight is 478 g/mol. The molecule has 35 heavy (non-hydrogen) atoms. The van der Waals surface area contributed by atoms with Crippen LogP contribution in [-0.4, -0.2) is 41.2 Å². The number of benzene rings is 1. The molecule has 2 fully saturated rings. The predicted molar refractivity (Wildman–Crippen MR) is 136 cm³/mol. The lowest BCUT2D eigenvalue weighted by Gasteiger charge is -2.30. The molecule has 186 valence electrons. The minimum atomic E-state index is -0.108. The van der Waals surface area contributed by atoms with Gasteiger partial charge < -0.3 is 24.3 Å². The molecule has 1 saturated carbocycles. The molecule has 1 aromatic heterocycles. The van der Waals surface area contributed by atoms with Gasteiger partial charge in [-0.1, -0.05) is 19.3 Å². The molecule has 1 aliphatic carbocycles. The zero-order chi connectivity index (χ0) is 24.4. The van der Waals surface area contributed by atoms with Crippen molar-refractivity contribution >= 4 is 23.6 Å². The van der Waals surface area contributed by atoms with Crippen molar-refractivity contribution in [3.05, 3.63) is 47.3 Å². The number of likely N-dealkylation sites (tertiary alicyclic amines) is 1. The number of ether oxygens (including phenoxy) is 2. The Hall–Kier alpha value is -3.22. The number of nitrogens with one attached hydrogen (secondary N) is 1. The van der Waals surface area contributed by atoms with Gasteiger partial charge in [-0.25, -0.2) is 0 Å². The van der Waals surface area contributed by atoms with Crippen LogP contribution in [0.2, 0.25) is 0 Å². The molecular formula is C28H35N3O4. The number of hydrogen-bond acceptors (Lipinski definition) is 4. The van der Waals surface area contributed by atoms with Gasteiger partial charge in [-0.15, -0.1) is 0 Å². The van der Waals surface area contributed by atoms with E-state index in [-0.39, 0.29) is 24.5 Å². The Balaban J connectivity index is 1.14. The summed E-state index contributed by atoms with van der Waals surface area (Å²) < 4.78 is 13.2. The highest BCUT2D eigenvalue weighted by Crippen LogP contribution is 2.35. The molecule has 7 nitrogen and oxygen atoms in total. The van der Waals surface area contributed by atoms with Crippen LogP contribution in [0.4, 0.5) is 5.69 Å². The first kappa shape index (κ1) is 23.5. The van der Waals surface area contributed by atoms with Gasteiger partial charge in [-0.2, -0.15) is 0 Å². The number of piperidine rings is 1. The molecule has 2 aliphatic heterocycles. The van der Waals surface area contributed by atoms with Crippen LogP contribution in [-0.2, 0) is 9.59 Å². The van der Waals surface area contributed by atoms with Gasteiger partial charge in [0.05, 0.1) is 0 Å². The lowest BCUT2D eigenvalue weighted by atomic mass is 9.95. The van der Waals surface area contributed by atoms with Gasteiger partial charge in [0.1, 0.15) is 0 Å². The zero-order valence-electron chi connectivity index (χ0n) is 20.7. The number of hydrogen-bond donors (Lipinski definition) is 1. The van der Waals surface area contributed by atoms with Gasteiger partial charge in [0, 0.05) is 54.3 Å². The maximum atomic E-state index is 12.9. The first-order valence-electron chi connectivity index (χ1n) is 12.9. The van der Waals surface area contributed by atoms with Crippen LogP contribution in [0.15, 0.2) is 30.3 Å². The molecule has 0 spiro atoms. The smallest absolute Gasteiger partial charge is 0.246 e. The van der Waals surface area contributed by atoms with E-state index >= 15 is 0 Å². The van der Waals surface area contributed by atoms with Gasteiger partial charge in [-0.05, 0) is 69.4 Å². The highest BCUT2D eigenvalue weighted by molar-refractivity contribution is 5.94. The number of aromatic nitrogens is 1. The minimum Gasteiger partial charge on any atom is -0.454 e. The van der Waals surface area contributed by atoms with Crippen molar-refractivity contribution in [2.45, 2.75) is 64.8 Å². The Morgan fingerprint density at radius 2 is 1.71 bits per heavy atom. The maximum Gasteiger partial charge on any atom is 0.246 e. The third-order valence-corrected chi connectivity index (χ3v) is 7.69. The van der Waals surface area contributed by atoms with Gasteiger partial charge in [-0.3, -0.25) is 9.59 Å². The number of carbonyl (C=O) groups excluding carboxylic acids is 2. The number of fused-ring (bicyclic) bond motifs is 1. The Kier molecular flexibility index (Phi) is 6.84. The SMILES string of the molecule is Cc1cc(/C=C/C(=O)N2CCC(C(=O)Nc3ccc4c(c3)OCO4)CC2)c(C)n1C1CCCCC1. The van der Waals surface area contributed by atoms with Crippen molar-refractivity contribution in [3.8, 4) is 11.5 Å². The molecule has 1 N–H and O–H groups in total.